The van der Waals surface area contributed by atoms with E-state index in [0.29, 0.717) is 0 Å². The van der Waals surface area contributed by atoms with Gasteiger partial charge in [-0.15, -0.1) is 0 Å². The normalized spacial score (nSPS) is 9.32. The summed E-state index contributed by atoms with van der Waals surface area (Å²) in [6, 6.07) is 21.4. The number of hydrogen-bond donors (Lipinski definition) is 0. The summed E-state index contributed by atoms with van der Waals surface area (Å²) >= 11 is 0.0287. The summed E-state index contributed by atoms with van der Waals surface area (Å²) < 4.78 is 7.25. The Morgan fingerprint density at radius 1 is 0.955 bits per heavy atom. The van der Waals surface area contributed by atoms with Crippen molar-refractivity contribution in [3.05, 3.63) is 67.8 Å². The predicted octanol–water partition coefficient (Wildman–Crippen LogP) is -1.50. The van der Waals surface area contributed by atoms with Crippen LogP contribution in [-0.4, -0.2) is 18.5 Å². The molecule has 0 heterocycles. The van der Waals surface area contributed by atoms with Crippen molar-refractivity contribution >= 4 is 11.9 Å². The Hall–Kier alpha value is -1.89. The number of carboxylic acids is 1. The second kappa shape index (κ2) is 10.8. The second-order valence-corrected chi connectivity index (χ2v) is 7.07. The highest BCUT2D eigenvalue weighted by Gasteiger charge is 2.12. The molecule has 2 aromatic carbocycles. The molecule has 0 saturated heterocycles. The average Bonchev–Trinajstić information content (AvgIpc) is 2.49. The van der Waals surface area contributed by atoms with Gasteiger partial charge < -0.3 is 14.6 Å². The number of halogens is 1. The number of hydrogen-bond acceptors (Lipinski definition) is 4. The van der Waals surface area contributed by atoms with Crippen molar-refractivity contribution in [2.75, 3.05) is 6.61 Å². The molecule has 2 rings (SSSR count). The van der Waals surface area contributed by atoms with E-state index in [2.05, 4.69) is 65.4 Å². The molecule has 0 amide bonds. The Morgan fingerprint density at radius 2 is 1.41 bits per heavy atom. The minimum absolute atomic E-state index is 0.0287. The number of rotatable bonds is 5. The number of carbonyl (C=O) groups is 2. The van der Waals surface area contributed by atoms with Crippen molar-refractivity contribution in [3.63, 3.8) is 0 Å². The Bertz CT molecular complexity index is 532. The van der Waals surface area contributed by atoms with Gasteiger partial charge >= 0.3 is 27.2 Å². The molecule has 0 atom stereocenters. The molecule has 0 aliphatic carbocycles. The largest absolute Gasteiger partial charge is 0.550 e. The van der Waals surface area contributed by atoms with E-state index >= 15 is 0 Å². The van der Waals surface area contributed by atoms with E-state index in [0.717, 1.165) is 0 Å². The van der Waals surface area contributed by atoms with E-state index in [4.69, 9.17) is 0 Å². The molecule has 0 unspecified atom stereocenters. The molecule has 0 bridgehead atoms. The maximum atomic E-state index is 10.2. The van der Waals surface area contributed by atoms with Crippen LogP contribution in [0.4, 0.5) is 0 Å². The van der Waals surface area contributed by atoms with Gasteiger partial charge in [-0.2, -0.15) is 0 Å². The van der Waals surface area contributed by atoms with E-state index in [1.54, 1.807) is 6.92 Å². The molecule has 0 saturated carbocycles. The maximum absolute atomic E-state index is 10.2. The standard InChI is InChI=1S/C12H10I.C5H8O4/c1-3-7-11(8-4-1)13-12-9-5-2-6-10-12;1-2-9-5(8)3-4(6)7/h1-10H;2-3H2,1H3,(H,6,7)/q+1;/p-1. The summed E-state index contributed by atoms with van der Waals surface area (Å²) in [5.41, 5.74) is 0. The lowest BCUT2D eigenvalue weighted by atomic mass is 10.4. The van der Waals surface area contributed by atoms with Crippen LogP contribution in [0.1, 0.15) is 13.3 Å². The lowest BCUT2D eigenvalue weighted by molar-refractivity contribution is -0.597. The quantitative estimate of drug-likeness (QED) is 0.341. The fourth-order valence-electron chi connectivity index (χ4n) is 1.41. The first-order valence-corrected chi connectivity index (χ1v) is 8.88. The van der Waals surface area contributed by atoms with Crippen LogP contribution >= 0.6 is 0 Å². The van der Waals surface area contributed by atoms with Crippen LogP contribution in [0.2, 0.25) is 0 Å². The minimum atomic E-state index is -1.41. The first kappa shape index (κ1) is 18.2. The SMILES string of the molecule is CCOC(=O)CC(=O)[O-].c1ccc([I+]c2ccccc2)cc1. The summed E-state index contributed by atoms with van der Waals surface area (Å²) in [7, 11) is 0. The van der Waals surface area contributed by atoms with Gasteiger partial charge in [-0.05, 0) is 31.2 Å². The van der Waals surface area contributed by atoms with Gasteiger partial charge in [0.2, 0.25) is 0 Å². The number of esters is 1. The van der Waals surface area contributed by atoms with Crippen molar-refractivity contribution in [3.8, 4) is 0 Å². The van der Waals surface area contributed by atoms with Crippen LogP contribution < -0.4 is 26.3 Å². The smallest absolute Gasteiger partial charge is 0.357 e. The van der Waals surface area contributed by atoms with Crippen LogP contribution in [0.5, 0.6) is 0 Å². The molecule has 0 fully saturated rings. The summed E-state index contributed by atoms with van der Waals surface area (Å²) in [5, 5.41) is 9.67. The Labute approximate surface area is 140 Å². The summed E-state index contributed by atoms with van der Waals surface area (Å²) in [4.78, 5) is 19.9. The molecule has 22 heavy (non-hydrogen) atoms. The van der Waals surface area contributed by atoms with Gasteiger partial charge in [0.1, 0.15) is 0 Å². The van der Waals surface area contributed by atoms with Crippen molar-refractivity contribution in [2.24, 2.45) is 0 Å². The summed E-state index contributed by atoms with van der Waals surface area (Å²) in [6.07, 6.45) is -0.659. The number of carboxylic acid groups (broad SMARTS) is 1. The fraction of sp³-hybridized carbons (Fsp3) is 0.176. The van der Waals surface area contributed by atoms with Gasteiger partial charge in [0.25, 0.3) is 0 Å². The Balaban J connectivity index is 0.000000239. The molecule has 116 valence electrons. The molecule has 0 aromatic heterocycles. The lowest BCUT2D eigenvalue weighted by Gasteiger charge is -2.00. The van der Waals surface area contributed by atoms with Crippen molar-refractivity contribution < 1.29 is 40.6 Å². The third-order valence-electron chi connectivity index (χ3n) is 2.28. The first-order chi connectivity index (χ1) is 10.6. The predicted molar refractivity (Wildman–Crippen MR) is 76.5 cm³/mol. The molecule has 2 aromatic rings. The molecular formula is C17H17IO4. The maximum Gasteiger partial charge on any atom is 0.357 e. The van der Waals surface area contributed by atoms with E-state index in [1.165, 1.54) is 7.14 Å². The minimum Gasteiger partial charge on any atom is -0.550 e. The lowest BCUT2D eigenvalue weighted by Crippen LogP contribution is -3.61. The number of benzene rings is 2. The van der Waals surface area contributed by atoms with Crippen molar-refractivity contribution in [1.82, 2.24) is 0 Å². The van der Waals surface area contributed by atoms with Crippen LogP contribution in [0.3, 0.4) is 0 Å². The number of carbonyl (C=O) groups excluding carboxylic acids is 2. The zero-order chi connectivity index (χ0) is 16.2. The fourth-order valence-corrected chi connectivity index (χ4v) is 3.68. The molecule has 0 radical (unpaired) electrons. The highest BCUT2D eigenvalue weighted by Crippen LogP contribution is 1.85. The molecular weight excluding hydrogens is 395 g/mol. The van der Waals surface area contributed by atoms with Crippen LogP contribution in [0.25, 0.3) is 0 Å². The summed E-state index contributed by atoms with van der Waals surface area (Å²) in [6.45, 7) is 1.80. The van der Waals surface area contributed by atoms with Gasteiger partial charge in [0.15, 0.2) is 7.14 Å². The van der Waals surface area contributed by atoms with Gasteiger partial charge in [0.05, 0.1) is 19.0 Å². The summed E-state index contributed by atoms with van der Waals surface area (Å²) in [5.74, 6) is -2.16. The Morgan fingerprint density at radius 3 is 1.77 bits per heavy atom. The van der Waals surface area contributed by atoms with Crippen LogP contribution in [-0.2, 0) is 14.3 Å². The second-order valence-electron chi connectivity index (χ2n) is 4.04. The average molecular weight is 412 g/mol. The molecule has 0 N–H and O–H groups in total. The highest BCUT2D eigenvalue weighted by atomic mass is 127. The number of ether oxygens (including phenoxy) is 1. The molecule has 0 aliphatic rings. The van der Waals surface area contributed by atoms with Crippen LogP contribution in [0, 0.1) is 7.14 Å². The zero-order valence-electron chi connectivity index (χ0n) is 12.2. The Kier molecular flexibility index (Phi) is 8.90. The van der Waals surface area contributed by atoms with Crippen molar-refractivity contribution in [1.29, 1.82) is 0 Å². The van der Waals surface area contributed by atoms with E-state index in [1.807, 2.05) is 0 Å². The van der Waals surface area contributed by atoms with Gasteiger partial charge in [-0.3, -0.25) is 4.79 Å². The highest BCUT2D eigenvalue weighted by molar-refractivity contribution is 5.88. The van der Waals surface area contributed by atoms with Gasteiger partial charge in [0, 0.05) is 0 Å². The molecule has 0 spiro atoms. The van der Waals surface area contributed by atoms with E-state index in [-0.39, 0.29) is 27.8 Å². The third kappa shape index (κ3) is 8.41. The molecule has 0 aliphatic heterocycles. The van der Waals surface area contributed by atoms with Gasteiger partial charge in [-0.1, -0.05) is 36.4 Å². The van der Waals surface area contributed by atoms with Gasteiger partial charge in [-0.25, -0.2) is 0 Å². The molecule has 4 nitrogen and oxygen atoms in total. The molecule has 5 heteroatoms. The van der Waals surface area contributed by atoms with E-state index in [9.17, 15) is 14.7 Å². The zero-order valence-corrected chi connectivity index (χ0v) is 14.4. The monoisotopic (exact) mass is 412 g/mol. The van der Waals surface area contributed by atoms with E-state index < -0.39 is 18.4 Å². The third-order valence-corrected chi connectivity index (χ3v) is 4.96. The topological polar surface area (TPSA) is 66.4 Å². The first-order valence-electron chi connectivity index (χ1n) is 6.72. The number of aliphatic carboxylic acids is 1. The van der Waals surface area contributed by atoms with Crippen LogP contribution in [0.15, 0.2) is 60.7 Å². The van der Waals surface area contributed by atoms with Crippen molar-refractivity contribution in [2.45, 2.75) is 13.3 Å².